The molecule has 1 N–H and O–H groups in total. The van der Waals surface area contributed by atoms with Crippen molar-refractivity contribution in [2.75, 3.05) is 18.1 Å². The topological polar surface area (TPSA) is 55.4 Å². The van der Waals surface area contributed by atoms with E-state index in [4.69, 9.17) is 4.74 Å². The van der Waals surface area contributed by atoms with Crippen LogP contribution in [-0.2, 0) is 22.8 Å². The Kier molecular flexibility index (Phi) is 3.06. The van der Waals surface area contributed by atoms with Gasteiger partial charge < -0.3 is 10.1 Å². The van der Waals surface area contributed by atoms with Crippen molar-refractivity contribution < 1.29 is 13.2 Å². The minimum Gasteiger partial charge on any atom is -0.486 e. The minimum atomic E-state index is -2.93. The van der Waals surface area contributed by atoms with Crippen molar-refractivity contribution in [1.29, 1.82) is 0 Å². The Bertz CT molecular complexity index is 597. The molecule has 0 bridgehead atoms. The van der Waals surface area contributed by atoms with E-state index in [2.05, 4.69) is 11.4 Å². The molecule has 2 aliphatic heterocycles. The van der Waals surface area contributed by atoms with Crippen LogP contribution in [0.15, 0.2) is 18.2 Å². The Morgan fingerprint density at radius 1 is 1.37 bits per heavy atom. The number of ether oxygens (including phenoxy) is 1. The largest absolute Gasteiger partial charge is 0.486 e. The Labute approximate surface area is 114 Å². The van der Waals surface area contributed by atoms with Crippen molar-refractivity contribution in [3.8, 4) is 5.75 Å². The van der Waals surface area contributed by atoms with E-state index in [-0.39, 0.29) is 11.5 Å². The lowest BCUT2D eigenvalue weighted by Crippen LogP contribution is -2.34. The van der Waals surface area contributed by atoms with Crippen LogP contribution in [-0.4, -0.2) is 32.1 Å². The molecule has 3 rings (SSSR count). The van der Waals surface area contributed by atoms with Gasteiger partial charge in [-0.15, -0.1) is 0 Å². The summed E-state index contributed by atoms with van der Waals surface area (Å²) in [6.07, 6.45) is 1.52. The molecule has 5 heteroatoms. The lowest BCUT2D eigenvalue weighted by atomic mass is 9.99. The lowest BCUT2D eigenvalue weighted by Gasteiger charge is -2.28. The smallest absolute Gasteiger partial charge is 0.154 e. The SMILES string of the molecule is CC1(Oc2cccc3c2CCNC3)CCS(=O)(=O)C1. The molecular formula is C14H19NO3S. The summed E-state index contributed by atoms with van der Waals surface area (Å²) in [4.78, 5) is 0. The van der Waals surface area contributed by atoms with Gasteiger partial charge in [0.05, 0.1) is 11.5 Å². The van der Waals surface area contributed by atoms with Gasteiger partial charge >= 0.3 is 0 Å². The minimum absolute atomic E-state index is 0.127. The average Bonchev–Trinajstić information content (AvgIpc) is 2.64. The third-order valence-corrected chi connectivity index (χ3v) is 5.80. The maximum atomic E-state index is 11.6. The van der Waals surface area contributed by atoms with Crippen LogP contribution >= 0.6 is 0 Å². The first-order valence-electron chi connectivity index (χ1n) is 6.68. The van der Waals surface area contributed by atoms with Crippen molar-refractivity contribution in [3.63, 3.8) is 0 Å². The third-order valence-electron chi connectivity index (χ3n) is 3.92. The summed E-state index contributed by atoms with van der Waals surface area (Å²) in [5.74, 6) is 1.22. The molecule has 1 saturated heterocycles. The van der Waals surface area contributed by atoms with E-state index in [0.717, 1.165) is 25.3 Å². The summed E-state index contributed by atoms with van der Waals surface area (Å²) in [6, 6.07) is 6.04. The van der Waals surface area contributed by atoms with Crippen LogP contribution in [0.5, 0.6) is 5.75 Å². The summed E-state index contributed by atoms with van der Waals surface area (Å²) in [5, 5.41) is 3.33. The zero-order valence-corrected chi connectivity index (χ0v) is 11.9. The van der Waals surface area contributed by atoms with Crippen molar-refractivity contribution in [2.24, 2.45) is 0 Å². The summed E-state index contributed by atoms with van der Waals surface area (Å²) in [6.45, 7) is 3.71. The van der Waals surface area contributed by atoms with E-state index in [1.807, 2.05) is 19.1 Å². The number of rotatable bonds is 2. The molecule has 1 atom stereocenters. The van der Waals surface area contributed by atoms with E-state index in [9.17, 15) is 8.42 Å². The molecule has 0 aliphatic carbocycles. The number of nitrogens with one attached hydrogen (secondary N) is 1. The van der Waals surface area contributed by atoms with Gasteiger partial charge in [0.15, 0.2) is 9.84 Å². The van der Waals surface area contributed by atoms with Crippen LogP contribution in [0.1, 0.15) is 24.5 Å². The van der Waals surface area contributed by atoms with Gasteiger partial charge in [-0.25, -0.2) is 8.42 Å². The van der Waals surface area contributed by atoms with Gasteiger partial charge in [-0.1, -0.05) is 12.1 Å². The number of fused-ring (bicyclic) bond motifs is 1. The Morgan fingerprint density at radius 3 is 2.95 bits per heavy atom. The van der Waals surface area contributed by atoms with Crippen molar-refractivity contribution in [1.82, 2.24) is 5.32 Å². The summed E-state index contributed by atoms with van der Waals surface area (Å²) in [5.41, 5.74) is 1.92. The number of hydrogen-bond acceptors (Lipinski definition) is 4. The van der Waals surface area contributed by atoms with Crippen LogP contribution in [0.3, 0.4) is 0 Å². The van der Waals surface area contributed by atoms with Gasteiger partial charge in [0, 0.05) is 13.0 Å². The van der Waals surface area contributed by atoms with Crippen LogP contribution in [0, 0.1) is 0 Å². The standard InChI is InChI=1S/C14H19NO3S/c1-14(6-8-19(16,17)10-14)18-13-4-2-3-11-9-15-7-5-12(11)13/h2-4,15H,5-10H2,1H3. The van der Waals surface area contributed by atoms with Crippen LogP contribution in [0.25, 0.3) is 0 Å². The Morgan fingerprint density at radius 2 is 2.21 bits per heavy atom. The summed E-state index contributed by atoms with van der Waals surface area (Å²) < 4.78 is 29.4. The predicted octanol–water partition coefficient (Wildman–Crippen LogP) is 1.29. The highest BCUT2D eigenvalue weighted by atomic mass is 32.2. The predicted molar refractivity (Wildman–Crippen MR) is 74.2 cm³/mol. The van der Waals surface area contributed by atoms with Gasteiger partial charge in [-0.2, -0.15) is 0 Å². The second-order valence-electron chi connectivity index (χ2n) is 5.71. The second kappa shape index (κ2) is 4.49. The molecule has 19 heavy (non-hydrogen) atoms. The first kappa shape index (κ1) is 12.9. The zero-order chi connectivity index (χ0) is 13.5. The number of sulfone groups is 1. The van der Waals surface area contributed by atoms with Gasteiger partial charge in [0.1, 0.15) is 11.4 Å². The maximum Gasteiger partial charge on any atom is 0.154 e. The molecule has 1 aromatic carbocycles. The van der Waals surface area contributed by atoms with Crippen molar-refractivity contribution in [3.05, 3.63) is 29.3 Å². The van der Waals surface area contributed by atoms with Gasteiger partial charge in [0.2, 0.25) is 0 Å². The van der Waals surface area contributed by atoms with E-state index >= 15 is 0 Å². The fourth-order valence-electron chi connectivity index (χ4n) is 2.92. The Balaban J connectivity index is 1.88. The van der Waals surface area contributed by atoms with E-state index < -0.39 is 15.4 Å². The quantitative estimate of drug-likeness (QED) is 0.887. The summed E-state index contributed by atoms with van der Waals surface area (Å²) in [7, 11) is -2.93. The average molecular weight is 281 g/mol. The highest BCUT2D eigenvalue weighted by Crippen LogP contribution is 2.33. The monoisotopic (exact) mass is 281 g/mol. The normalized spacial score (nSPS) is 28.9. The molecule has 2 aliphatic rings. The molecule has 0 aromatic heterocycles. The highest BCUT2D eigenvalue weighted by Gasteiger charge is 2.40. The number of hydrogen-bond donors (Lipinski definition) is 1. The molecule has 1 unspecified atom stereocenters. The van der Waals surface area contributed by atoms with Gasteiger partial charge in [-0.3, -0.25) is 0 Å². The van der Waals surface area contributed by atoms with Crippen LogP contribution < -0.4 is 10.1 Å². The molecule has 1 aromatic rings. The van der Waals surface area contributed by atoms with Crippen LogP contribution in [0.2, 0.25) is 0 Å². The summed E-state index contributed by atoms with van der Waals surface area (Å²) >= 11 is 0. The van der Waals surface area contributed by atoms with E-state index in [1.54, 1.807) is 0 Å². The number of benzene rings is 1. The molecule has 0 spiro atoms. The molecule has 0 amide bonds. The Hall–Kier alpha value is -1.07. The molecule has 0 saturated carbocycles. The maximum absolute atomic E-state index is 11.6. The second-order valence-corrected chi connectivity index (χ2v) is 7.90. The van der Waals surface area contributed by atoms with E-state index in [1.165, 1.54) is 11.1 Å². The molecule has 2 heterocycles. The molecule has 4 nitrogen and oxygen atoms in total. The van der Waals surface area contributed by atoms with Crippen molar-refractivity contribution >= 4 is 9.84 Å². The van der Waals surface area contributed by atoms with Crippen molar-refractivity contribution in [2.45, 2.75) is 31.9 Å². The molecule has 104 valence electrons. The van der Waals surface area contributed by atoms with Gasteiger partial charge in [0.25, 0.3) is 0 Å². The fraction of sp³-hybridized carbons (Fsp3) is 0.571. The molecular weight excluding hydrogens is 262 g/mol. The fourth-order valence-corrected chi connectivity index (χ4v) is 4.94. The highest BCUT2D eigenvalue weighted by molar-refractivity contribution is 7.91. The van der Waals surface area contributed by atoms with Gasteiger partial charge in [-0.05, 0) is 37.1 Å². The molecule has 1 fully saturated rings. The zero-order valence-electron chi connectivity index (χ0n) is 11.1. The van der Waals surface area contributed by atoms with Crippen LogP contribution in [0.4, 0.5) is 0 Å². The first-order chi connectivity index (χ1) is 8.98. The third kappa shape index (κ3) is 2.62. The van der Waals surface area contributed by atoms with E-state index in [0.29, 0.717) is 6.42 Å². The lowest BCUT2D eigenvalue weighted by molar-refractivity contribution is 0.115. The molecule has 0 radical (unpaired) electrons. The first-order valence-corrected chi connectivity index (χ1v) is 8.51.